The van der Waals surface area contributed by atoms with Crippen molar-refractivity contribution in [3.8, 4) is 23.8 Å². The predicted molar refractivity (Wildman–Crippen MR) is 111 cm³/mol. The van der Waals surface area contributed by atoms with Gasteiger partial charge in [0.15, 0.2) is 17.6 Å². The van der Waals surface area contributed by atoms with Gasteiger partial charge in [-0.2, -0.15) is 0 Å². The molecule has 0 saturated heterocycles. The van der Waals surface area contributed by atoms with Crippen LogP contribution in [0.4, 0.5) is 0 Å². The number of hydrogen-bond acceptors (Lipinski definition) is 5. The van der Waals surface area contributed by atoms with Gasteiger partial charge in [-0.1, -0.05) is 42.3 Å². The number of nitrogens with one attached hydrogen (secondary N) is 1. The molecule has 0 fully saturated rings. The summed E-state index contributed by atoms with van der Waals surface area (Å²) in [6, 6.07) is 15.4. The summed E-state index contributed by atoms with van der Waals surface area (Å²) < 4.78 is 21.6. The fourth-order valence-electron chi connectivity index (χ4n) is 2.66. The summed E-state index contributed by atoms with van der Waals surface area (Å²) in [5, 5.41) is 2.87. The average molecular weight is 397 g/mol. The van der Waals surface area contributed by atoms with Crippen LogP contribution in [0.1, 0.15) is 11.1 Å². The molecule has 0 aromatic heterocycles. The van der Waals surface area contributed by atoms with Gasteiger partial charge in [0.25, 0.3) is 5.91 Å². The van der Waals surface area contributed by atoms with E-state index in [0.29, 0.717) is 31.1 Å². The van der Waals surface area contributed by atoms with Gasteiger partial charge in [-0.25, -0.2) is 0 Å². The van der Waals surface area contributed by atoms with E-state index in [-0.39, 0.29) is 19.1 Å². The Morgan fingerprint density at radius 3 is 2.59 bits per heavy atom. The zero-order valence-corrected chi connectivity index (χ0v) is 16.9. The van der Waals surface area contributed by atoms with E-state index in [4.69, 9.17) is 25.4 Å². The molecule has 0 spiro atoms. The van der Waals surface area contributed by atoms with Crippen LogP contribution in [0.3, 0.4) is 0 Å². The van der Waals surface area contributed by atoms with Crippen LogP contribution in [-0.2, 0) is 27.3 Å². The third-order valence-electron chi connectivity index (χ3n) is 4.21. The third kappa shape index (κ3) is 7.49. The van der Waals surface area contributed by atoms with Gasteiger partial charge < -0.3 is 24.3 Å². The molecule has 0 aliphatic heterocycles. The normalized spacial score (nSPS) is 11.3. The van der Waals surface area contributed by atoms with Crippen LogP contribution >= 0.6 is 0 Å². The Kier molecular flexibility index (Phi) is 9.56. The minimum Gasteiger partial charge on any atom is -0.493 e. The quantitative estimate of drug-likeness (QED) is 0.558. The minimum atomic E-state index is -0.659. The zero-order valence-electron chi connectivity index (χ0n) is 16.9. The molecule has 1 atom stereocenters. The lowest BCUT2D eigenvalue weighted by Gasteiger charge is -2.16. The highest BCUT2D eigenvalue weighted by Gasteiger charge is 2.17. The Balaban J connectivity index is 1.77. The van der Waals surface area contributed by atoms with Crippen molar-refractivity contribution in [2.75, 3.05) is 34.0 Å². The Bertz CT molecular complexity index is 801. The lowest BCUT2D eigenvalue weighted by molar-refractivity contribution is -0.135. The number of terminal acetylenes is 1. The maximum Gasteiger partial charge on any atom is 0.251 e. The van der Waals surface area contributed by atoms with E-state index in [0.717, 1.165) is 11.1 Å². The molecule has 6 nitrogen and oxygen atoms in total. The fourth-order valence-corrected chi connectivity index (χ4v) is 2.66. The van der Waals surface area contributed by atoms with Crippen molar-refractivity contribution in [3.05, 3.63) is 59.7 Å². The van der Waals surface area contributed by atoms with Gasteiger partial charge in [-0.05, 0) is 29.7 Å². The van der Waals surface area contributed by atoms with Gasteiger partial charge in [-0.15, -0.1) is 6.42 Å². The molecule has 6 heteroatoms. The molecule has 29 heavy (non-hydrogen) atoms. The maximum absolute atomic E-state index is 12.3. The zero-order chi connectivity index (χ0) is 20.9. The van der Waals surface area contributed by atoms with Crippen LogP contribution in [0.2, 0.25) is 0 Å². The minimum absolute atomic E-state index is 0.177. The summed E-state index contributed by atoms with van der Waals surface area (Å²) in [6.07, 6.45) is 5.19. The SMILES string of the molecule is C#CCOc1ccc(CCNC(=O)[C@H](COCc2ccccc2)OC)cc1OC. The molecule has 0 heterocycles. The van der Waals surface area contributed by atoms with E-state index in [1.807, 2.05) is 48.5 Å². The average Bonchev–Trinajstić information content (AvgIpc) is 2.76. The van der Waals surface area contributed by atoms with Crippen molar-refractivity contribution < 1.29 is 23.7 Å². The molecule has 0 bridgehead atoms. The molecule has 2 rings (SSSR count). The van der Waals surface area contributed by atoms with Crippen LogP contribution in [-0.4, -0.2) is 46.0 Å². The van der Waals surface area contributed by atoms with Crippen molar-refractivity contribution in [2.24, 2.45) is 0 Å². The van der Waals surface area contributed by atoms with Crippen molar-refractivity contribution in [1.82, 2.24) is 5.32 Å². The Morgan fingerprint density at radius 2 is 1.90 bits per heavy atom. The molecular weight excluding hydrogens is 370 g/mol. The van der Waals surface area contributed by atoms with Crippen LogP contribution in [0.25, 0.3) is 0 Å². The van der Waals surface area contributed by atoms with Gasteiger partial charge >= 0.3 is 0 Å². The Hall–Kier alpha value is -3.01. The molecule has 0 unspecified atom stereocenters. The highest BCUT2D eigenvalue weighted by molar-refractivity contribution is 5.80. The van der Waals surface area contributed by atoms with E-state index in [1.165, 1.54) is 7.11 Å². The third-order valence-corrected chi connectivity index (χ3v) is 4.21. The lowest BCUT2D eigenvalue weighted by atomic mass is 10.1. The van der Waals surface area contributed by atoms with Crippen molar-refractivity contribution in [1.29, 1.82) is 0 Å². The number of hydrogen-bond donors (Lipinski definition) is 1. The predicted octanol–water partition coefficient (Wildman–Crippen LogP) is 2.60. The Labute approximate surface area is 172 Å². The second kappa shape index (κ2) is 12.4. The molecule has 0 aliphatic carbocycles. The fraction of sp³-hybridized carbons (Fsp3) is 0.348. The molecule has 1 amide bonds. The topological polar surface area (TPSA) is 66.0 Å². The molecule has 154 valence electrons. The Morgan fingerprint density at radius 1 is 1.10 bits per heavy atom. The second-order valence-electron chi connectivity index (χ2n) is 6.24. The van der Waals surface area contributed by atoms with Gasteiger partial charge in [0, 0.05) is 13.7 Å². The van der Waals surface area contributed by atoms with Crippen molar-refractivity contribution >= 4 is 5.91 Å². The number of carbonyl (C=O) groups is 1. The van der Waals surface area contributed by atoms with Crippen LogP contribution in [0.15, 0.2) is 48.5 Å². The number of amides is 1. The number of rotatable bonds is 12. The number of benzene rings is 2. The van der Waals surface area contributed by atoms with Crippen LogP contribution < -0.4 is 14.8 Å². The number of ether oxygens (including phenoxy) is 4. The highest BCUT2D eigenvalue weighted by Crippen LogP contribution is 2.28. The first-order valence-electron chi connectivity index (χ1n) is 9.33. The summed E-state index contributed by atoms with van der Waals surface area (Å²) in [6.45, 7) is 1.26. The first-order valence-corrected chi connectivity index (χ1v) is 9.33. The van der Waals surface area contributed by atoms with Gasteiger partial charge in [-0.3, -0.25) is 4.79 Å². The molecule has 0 aliphatic rings. The van der Waals surface area contributed by atoms with E-state index < -0.39 is 6.10 Å². The van der Waals surface area contributed by atoms with E-state index in [2.05, 4.69) is 11.2 Å². The monoisotopic (exact) mass is 397 g/mol. The summed E-state index contributed by atoms with van der Waals surface area (Å²) in [5.41, 5.74) is 2.05. The maximum atomic E-state index is 12.3. The van der Waals surface area contributed by atoms with Crippen LogP contribution in [0, 0.1) is 12.3 Å². The van der Waals surface area contributed by atoms with Crippen LogP contribution in [0.5, 0.6) is 11.5 Å². The largest absolute Gasteiger partial charge is 0.493 e. The summed E-state index contributed by atoms with van der Waals surface area (Å²) >= 11 is 0. The first kappa shape index (κ1) is 22.3. The van der Waals surface area contributed by atoms with Crippen molar-refractivity contribution in [2.45, 2.75) is 19.1 Å². The summed E-state index contributed by atoms with van der Waals surface area (Å²) in [7, 11) is 3.07. The molecule has 1 N–H and O–H groups in total. The number of methoxy groups -OCH3 is 2. The summed E-state index contributed by atoms with van der Waals surface area (Å²) in [4.78, 5) is 12.3. The smallest absolute Gasteiger partial charge is 0.251 e. The van der Waals surface area contributed by atoms with E-state index in [1.54, 1.807) is 7.11 Å². The van der Waals surface area contributed by atoms with Gasteiger partial charge in [0.2, 0.25) is 0 Å². The van der Waals surface area contributed by atoms with E-state index >= 15 is 0 Å². The number of carbonyl (C=O) groups excluding carboxylic acids is 1. The van der Waals surface area contributed by atoms with Gasteiger partial charge in [0.1, 0.15) is 6.61 Å². The molecule has 2 aromatic rings. The van der Waals surface area contributed by atoms with E-state index in [9.17, 15) is 4.79 Å². The van der Waals surface area contributed by atoms with Crippen molar-refractivity contribution in [3.63, 3.8) is 0 Å². The highest BCUT2D eigenvalue weighted by atomic mass is 16.5. The van der Waals surface area contributed by atoms with Gasteiger partial charge in [0.05, 0.1) is 20.3 Å². The molecule has 0 saturated carbocycles. The molecular formula is C23H27NO5. The molecule has 2 aromatic carbocycles. The standard InChI is InChI=1S/C23H27NO5/c1-4-14-29-20-11-10-18(15-21(20)26-2)12-13-24-23(25)22(27-3)17-28-16-19-8-6-5-7-9-19/h1,5-11,15,22H,12-14,16-17H2,2-3H3,(H,24,25)/t22-/m0/s1. The molecule has 0 radical (unpaired) electrons. The second-order valence-corrected chi connectivity index (χ2v) is 6.24. The summed E-state index contributed by atoms with van der Waals surface area (Å²) in [5.74, 6) is 3.41. The first-order chi connectivity index (χ1) is 14.2. The lowest BCUT2D eigenvalue weighted by Crippen LogP contribution is -2.39.